The van der Waals surface area contributed by atoms with Crippen molar-refractivity contribution in [2.45, 2.75) is 24.2 Å². The van der Waals surface area contributed by atoms with Crippen molar-refractivity contribution >= 4 is 27.0 Å². The minimum absolute atomic E-state index is 0.0783. The third-order valence-electron chi connectivity index (χ3n) is 5.51. The number of sulfonamides is 1. The monoisotopic (exact) mass is 474 g/mol. The third kappa shape index (κ3) is 5.45. The molecular weight excluding hydrogens is 444 g/mol. The number of nitrogens with zero attached hydrogens (tertiary/aromatic N) is 3. The van der Waals surface area contributed by atoms with Crippen LogP contribution in [-0.4, -0.2) is 63.0 Å². The van der Waals surface area contributed by atoms with Crippen LogP contribution in [0, 0.1) is 0 Å². The molecule has 1 N–H and O–H groups in total. The Balaban J connectivity index is 1.60. The Labute approximate surface area is 194 Å². The third-order valence-corrected chi connectivity index (χ3v) is 7.32. The summed E-state index contributed by atoms with van der Waals surface area (Å²) < 4.78 is 38.4. The summed E-state index contributed by atoms with van der Waals surface area (Å²) in [5.41, 5.74) is 2.38. The first kappa shape index (κ1) is 24.5. The lowest BCUT2D eigenvalue weighted by Crippen LogP contribution is -2.26. The highest BCUT2D eigenvalue weighted by Gasteiger charge is 2.19. The van der Waals surface area contributed by atoms with Crippen molar-refractivity contribution in [3.63, 3.8) is 0 Å². The lowest BCUT2D eigenvalue weighted by Gasteiger charge is -2.11. The molecule has 0 atom stereocenters. The highest BCUT2D eigenvalue weighted by Crippen LogP contribution is 2.25. The minimum Gasteiger partial charge on any atom is -0.497 e. The Morgan fingerprint density at radius 3 is 2.52 bits per heavy atom. The van der Waals surface area contributed by atoms with Gasteiger partial charge in [0.1, 0.15) is 17.3 Å². The Hall–Kier alpha value is -3.11. The van der Waals surface area contributed by atoms with E-state index >= 15 is 0 Å². The summed E-state index contributed by atoms with van der Waals surface area (Å²) in [4.78, 5) is 17.1. The van der Waals surface area contributed by atoms with Crippen LogP contribution in [0.4, 0.5) is 0 Å². The van der Waals surface area contributed by atoms with Crippen LogP contribution in [0.5, 0.6) is 11.5 Å². The molecule has 0 aliphatic carbocycles. The van der Waals surface area contributed by atoms with Gasteiger partial charge in [-0.05, 0) is 36.2 Å². The molecule has 178 valence electrons. The second-order valence-corrected chi connectivity index (χ2v) is 9.95. The number of amides is 1. The topological polar surface area (TPSA) is 103 Å². The van der Waals surface area contributed by atoms with Gasteiger partial charge >= 0.3 is 0 Å². The van der Waals surface area contributed by atoms with E-state index in [1.807, 2.05) is 29.8 Å². The fourth-order valence-electron chi connectivity index (χ4n) is 3.53. The number of aromatic nitrogens is 2. The molecule has 0 spiro atoms. The number of carbonyl (C=O) groups is 1. The van der Waals surface area contributed by atoms with Crippen LogP contribution in [0.3, 0.4) is 0 Å². The Kier molecular flexibility index (Phi) is 7.60. The minimum atomic E-state index is -3.54. The van der Waals surface area contributed by atoms with E-state index in [1.54, 1.807) is 32.4 Å². The zero-order chi connectivity index (χ0) is 24.2. The summed E-state index contributed by atoms with van der Waals surface area (Å²) in [6.45, 7) is 0.482. The van der Waals surface area contributed by atoms with E-state index in [9.17, 15) is 13.2 Å². The number of hydrogen-bond donors (Lipinski definition) is 1. The zero-order valence-corrected chi connectivity index (χ0v) is 20.4. The smallest absolute Gasteiger partial charge is 0.242 e. The molecule has 0 saturated carbocycles. The van der Waals surface area contributed by atoms with Crippen LogP contribution in [0.15, 0.2) is 41.3 Å². The van der Waals surface area contributed by atoms with Crippen LogP contribution in [0.2, 0.25) is 0 Å². The average molecular weight is 475 g/mol. The SMILES string of the molecule is COc1ccc(CCNC(=O)CCc2nc3cc(S(=O)(=O)N(C)C)ccc3n2C)c(OC)c1. The van der Waals surface area contributed by atoms with Gasteiger partial charge in [-0.3, -0.25) is 4.79 Å². The van der Waals surface area contributed by atoms with Gasteiger partial charge in [-0.2, -0.15) is 0 Å². The van der Waals surface area contributed by atoms with Gasteiger partial charge in [-0.25, -0.2) is 17.7 Å². The van der Waals surface area contributed by atoms with Crippen LogP contribution in [0.25, 0.3) is 11.0 Å². The zero-order valence-electron chi connectivity index (χ0n) is 19.6. The van der Waals surface area contributed by atoms with Crippen molar-refractivity contribution in [2.75, 3.05) is 34.9 Å². The second kappa shape index (κ2) is 10.2. The largest absolute Gasteiger partial charge is 0.497 e. The normalized spacial score (nSPS) is 11.7. The van der Waals surface area contributed by atoms with E-state index < -0.39 is 10.0 Å². The Morgan fingerprint density at radius 1 is 1.09 bits per heavy atom. The summed E-state index contributed by atoms with van der Waals surface area (Å²) >= 11 is 0. The molecule has 1 amide bonds. The molecule has 1 aromatic heterocycles. The number of imidazole rings is 1. The number of aryl methyl sites for hydroxylation is 2. The first-order chi connectivity index (χ1) is 15.7. The summed E-state index contributed by atoms with van der Waals surface area (Å²) in [7, 11) is 4.51. The van der Waals surface area contributed by atoms with Crippen LogP contribution in [0.1, 0.15) is 17.8 Å². The van der Waals surface area contributed by atoms with Gasteiger partial charge in [0.05, 0.1) is 30.1 Å². The number of benzene rings is 2. The van der Waals surface area contributed by atoms with Crippen molar-refractivity contribution < 1.29 is 22.7 Å². The number of carbonyl (C=O) groups excluding carboxylic acids is 1. The molecule has 0 aliphatic rings. The van der Waals surface area contributed by atoms with Crippen LogP contribution in [-0.2, 0) is 34.7 Å². The maximum atomic E-state index is 12.4. The van der Waals surface area contributed by atoms with E-state index in [-0.39, 0.29) is 17.2 Å². The maximum Gasteiger partial charge on any atom is 0.242 e. The lowest BCUT2D eigenvalue weighted by molar-refractivity contribution is -0.121. The quantitative estimate of drug-likeness (QED) is 0.483. The van der Waals surface area contributed by atoms with Crippen molar-refractivity contribution in [3.05, 3.63) is 47.8 Å². The van der Waals surface area contributed by atoms with Gasteiger partial charge in [0, 0.05) is 46.6 Å². The summed E-state index contributed by atoms with van der Waals surface area (Å²) in [5, 5.41) is 2.93. The second-order valence-electron chi connectivity index (χ2n) is 7.80. The van der Waals surface area contributed by atoms with Crippen molar-refractivity contribution in [3.8, 4) is 11.5 Å². The molecular formula is C23H30N4O5S. The molecule has 1 heterocycles. The van der Waals surface area contributed by atoms with Gasteiger partial charge in [-0.1, -0.05) is 6.07 Å². The molecule has 2 aromatic carbocycles. The van der Waals surface area contributed by atoms with E-state index in [4.69, 9.17) is 9.47 Å². The highest BCUT2D eigenvalue weighted by atomic mass is 32.2. The number of nitrogens with one attached hydrogen (secondary N) is 1. The molecule has 3 rings (SSSR count). The van der Waals surface area contributed by atoms with E-state index in [0.717, 1.165) is 22.7 Å². The number of fused-ring (bicyclic) bond motifs is 1. The standard InChI is InChI=1S/C23H30N4O5S/c1-26(2)33(29,30)18-8-9-20-19(15-18)25-22(27(20)3)10-11-23(28)24-13-12-16-6-7-17(31-4)14-21(16)32-5/h6-9,14-15H,10-13H2,1-5H3,(H,24,28). The predicted molar refractivity (Wildman–Crippen MR) is 126 cm³/mol. The predicted octanol–water partition coefficient (Wildman–Crippen LogP) is 2.13. The van der Waals surface area contributed by atoms with Crippen molar-refractivity contribution in [1.82, 2.24) is 19.2 Å². The van der Waals surface area contributed by atoms with Gasteiger partial charge in [-0.15, -0.1) is 0 Å². The molecule has 10 heteroatoms. The molecule has 3 aromatic rings. The van der Waals surface area contributed by atoms with Crippen LogP contribution >= 0.6 is 0 Å². The number of hydrogen-bond acceptors (Lipinski definition) is 6. The first-order valence-corrected chi connectivity index (χ1v) is 12.0. The van der Waals surface area contributed by atoms with Gasteiger partial charge in [0.15, 0.2) is 0 Å². The number of ether oxygens (including phenoxy) is 2. The fourth-order valence-corrected chi connectivity index (χ4v) is 4.46. The molecule has 33 heavy (non-hydrogen) atoms. The Bertz CT molecular complexity index is 1250. The van der Waals surface area contributed by atoms with Gasteiger partial charge in [0.25, 0.3) is 0 Å². The lowest BCUT2D eigenvalue weighted by atomic mass is 10.1. The van der Waals surface area contributed by atoms with E-state index in [2.05, 4.69) is 10.3 Å². The molecule has 0 saturated heterocycles. The molecule has 0 aliphatic heterocycles. The average Bonchev–Trinajstić information content (AvgIpc) is 3.12. The fraction of sp³-hybridized carbons (Fsp3) is 0.391. The van der Waals surface area contributed by atoms with E-state index in [1.165, 1.54) is 18.4 Å². The molecule has 9 nitrogen and oxygen atoms in total. The molecule has 0 unspecified atom stereocenters. The van der Waals surface area contributed by atoms with Gasteiger partial charge in [0.2, 0.25) is 15.9 Å². The van der Waals surface area contributed by atoms with Crippen molar-refractivity contribution in [1.29, 1.82) is 0 Å². The Morgan fingerprint density at radius 2 is 1.85 bits per heavy atom. The summed E-state index contributed by atoms with van der Waals surface area (Å²) in [6.07, 6.45) is 1.35. The summed E-state index contributed by atoms with van der Waals surface area (Å²) in [5.74, 6) is 2.08. The van der Waals surface area contributed by atoms with Crippen LogP contribution < -0.4 is 14.8 Å². The van der Waals surface area contributed by atoms with Gasteiger partial charge < -0.3 is 19.4 Å². The molecule has 0 fully saturated rings. The molecule has 0 bridgehead atoms. The maximum absolute atomic E-state index is 12.4. The number of methoxy groups -OCH3 is 2. The first-order valence-electron chi connectivity index (χ1n) is 10.5. The highest BCUT2D eigenvalue weighted by molar-refractivity contribution is 7.89. The molecule has 0 radical (unpaired) electrons. The van der Waals surface area contributed by atoms with Crippen molar-refractivity contribution in [2.24, 2.45) is 7.05 Å². The van der Waals surface area contributed by atoms with E-state index in [0.29, 0.717) is 30.7 Å². The number of rotatable bonds is 10. The summed E-state index contributed by atoms with van der Waals surface area (Å²) in [6, 6.07) is 10.5.